The normalized spacial score (nSPS) is 16.1. The first kappa shape index (κ1) is 61.1. The van der Waals surface area contributed by atoms with E-state index in [0.29, 0.717) is 35.8 Å². The molecule has 7 aromatic carbocycles. The summed E-state index contributed by atoms with van der Waals surface area (Å²) in [5.41, 5.74) is 12.9. The Bertz CT molecular complexity index is 2770. The van der Waals surface area contributed by atoms with Crippen molar-refractivity contribution in [1.29, 1.82) is 0 Å². The second-order valence-electron chi connectivity index (χ2n) is 27.2. The van der Waals surface area contributed by atoms with Crippen LogP contribution in [0, 0.1) is 24.2 Å². The Labute approximate surface area is 475 Å². The summed E-state index contributed by atoms with van der Waals surface area (Å²) < 4.78 is 5.96. The van der Waals surface area contributed by atoms with E-state index in [-0.39, 0.29) is 27.6 Å². The molecule has 0 saturated carbocycles. The van der Waals surface area contributed by atoms with E-state index in [1.165, 1.54) is 45.5 Å². The molecule has 78 heavy (non-hydrogen) atoms. The average Bonchev–Trinajstić information content (AvgIpc) is 3.42. The van der Waals surface area contributed by atoms with Gasteiger partial charge in [0.2, 0.25) is 0 Å². The predicted molar refractivity (Wildman–Crippen MR) is 339 cm³/mol. The van der Waals surface area contributed by atoms with Gasteiger partial charge in [-0.15, -0.1) is 0 Å². The molecule has 2 aliphatic rings. The van der Waals surface area contributed by atoms with E-state index in [4.69, 9.17) is 4.74 Å². The molecule has 0 amide bonds. The number of nitrogens with zero attached hydrogens (tertiary/aromatic N) is 3. The Hall–Kier alpha value is -6.10. The molecule has 9 rings (SSSR count). The van der Waals surface area contributed by atoms with Crippen LogP contribution in [0.25, 0.3) is 0 Å². The summed E-state index contributed by atoms with van der Waals surface area (Å²) in [6.45, 7) is 46.2. The number of ether oxygens (including phenoxy) is 1. The van der Waals surface area contributed by atoms with Crippen LogP contribution >= 0.6 is 0 Å². The van der Waals surface area contributed by atoms with Gasteiger partial charge in [-0.3, -0.25) is 4.90 Å². The predicted octanol–water partition coefficient (Wildman–Crippen LogP) is 21.4. The van der Waals surface area contributed by atoms with Crippen molar-refractivity contribution < 1.29 is 4.74 Å². The highest BCUT2D eigenvalue weighted by Gasteiger charge is 2.42. The Kier molecular flexibility index (Phi) is 19.9. The highest BCUT2D eigenvalue weighted by Crippen LogP contribution is 2.51. The highest BCUT2D eigenvalue weighted by molar-refractivity contribution is 5.79. The van der Waals surface area contributed by atoms with Gasteiger partial charge in [0.05, 0.1) is 11.4 Å². The quantitative estimate of drug-likeness (QED) is 0.151. The third-order valence-corrected chi connectivity index (χ3v) is 15.7. The largest absolute Gasteiger partial charge is 0.453 e. The summed E-state index contributed by atoms with van der Waals surface area (Å²) in [6.07, 6.45) is 1.22. The lowest BCUT2D eigenvalue weighted by Gasteiger charge is -2.54. The third kappa shape index (κ3) is 15.2. The topological polar surface area (TPSA) is 19.0 Å². The van der Waals surface area contributed by atoms with Crippen LogP contribution in [0.3, 0.4) is 0 Å². The zero-order valence-electron chi connectivity index (χ0n) is 51.8. The van der Waals surface area contributed by atoms with Crippen molar-refractivity contribution in [2.24, 2.45) is 17.3 Å². The van der Waals surface area contributed by atoms with Crippen molar-refractivity contribution >= 4 is 17.1 Å². The van der Waals surface area contributed by atoms with E-state index in [9.17, 15) is 0 Å². The molecular formula is C74H99N3O. The van der Waals surface area contributed by atoms with Gasteiger partial charge < -0.3 is 14.5 Å². The van der Waals surface area contributed by atoms with Gasteiger partial charge in [0.25, 0.3) is 0 Å². The lowest BCUT2D eigenvalue weighted by atomic mass is 9.64. The standard InChI is InChI=1S/C21H28.C20H27N.C17H27N.C16H17NO/c1-16(2)20(21(3,4)5)19(17-12-8-6-9-13-17)18-14-10-7-11-15-18;1-16(18-12-8-6-9-13-18)21(20(3,4)5)17(2)19-14-10-7-11-15-19;1-12-8-9-14-13(2)11-17(6,7)18(15(14)10-12)16(3,4)5;1-16(2,3)17-12-8-4-6-10-14(12)18-15-11-7-5-9-13(15)17/h6-16,19-20H,1-5H3;6-17H,1-5H3;8-10,13H,11H2,1-7H3;4-11H,1-3H3/t;16-,17-;;/m.1../s1. The average molecular weight is 1050 g/mol. The number of rotatable bonds is 8. The Balaban J connectivity index is 0.000000169. The van der Waals surface area contributed by atoms with Crippen LogP contribution in [-0.4, -0.2) is 27.1 Å². The number of para-hydroxylation sites is 4. The van der Waals surface area contributed by atoms with E-state index < -0.39 is 0 Å². The number of hydrogen-bond acceptors (Lipinski definition) is 4. The van der Waals surface area contributed by atoms with Crippen molar-refractivity contribution in [3.63, 3.8) is 0 Å². The van der Waals surface area contributed by atoms with E-state index in [1.807, 2.05) is 24.3 Å². The molecule has 2 unspecified atom stereocenters. The lowest BCUT2D eigenvalue weighted by Crippen LogP contribution is -2.57. The van der Waals surface area contributed by atoms with Gasteiger partial charge in [-0.2, -0.15) is 0 Å². The molecule has 0 aromatic heterocycles. The maximum atomic E-state index is 5.96. The van der Waals surface area contributed by atoms with Gasteiger partial charge in [0, 0.05) is 45.8 Å². The van der Waals surface area contributed by atoms with Crippen LogP contribution < -0.4 is 14.5 Å². The molecule has 0 N–H and O–H groups in total. The summed E-state index contributed by atoms with van der Waals surface area (Å²) in [5, 5.41) is 0. The van der Waals surface area contributed by atoms with Crippen LogP contribution in [0.15, 0.2) is 188 Å². The molecule has 416 valence electrons. The summed E-state index contributed by atoms with van der Waals surface area (Å²) in [4.78, 5) is 7.54. The highest BCUT2D eigenvalue weighted by atomic mass is 16.5. The fraction of sp³-hybridized carbons (Fsp3) is 0.432. The van der Waals surface area contributed by atoms with Gasteiger partial charge in [-0.25, -0.2) is 0 Å². The fourth-order valence-electron chi connectivity index (χ4n) is 13.3. The maximum absolute atomic E-state index is 5.96. The van der Waals surface area contributed by atoms with Crippen LogP contribution in [-0.2, 0) is 0 Å². The van der Waals surface area contributed by atoms with Crippen molar-refractivity contribution in [3.8, 4) is 11.5 Å². The van der Waals surface area contributed by atoms with Crippen molar-refractivity contribution in [1.82, 2.24) is 4.90 Å². The molecule has 0 saturated heterocycles. The van der Waals surface area contributed by atoms with Gasteiger partial charge in [0.1, 0.15) is 0 Å². The number of hydrogen-bond donors (Lipinski definition) is 0. The number of benzene rings is 7. The number of aryl methyl sites for hydroxylation is 1. The monoisotopic (exact) mass is 1050 g/mol. The Morgan fingerprint density at radius 1 is 0.487 bits per heavy atom. The molecule has 0 spiro atoms. The first-order chi connectivity index (χ1) is 36.5. The minimum absolute atomic E-state index is 0.00991. The second kappa shape index (κ2) is 25.3. The van der Waals surface area contributed by atoms with Crippen LogP contribution in [0.5, 0.6) is 11.5 Å². The molecule has 0 bridgehead atoms. The Morgan fingerprint density at radius 3 is 1.23 bits per heavy atom. The smallest absolute Gasteiger partial charge is 0.151 e. The zero-order chi connectivity index (χ0) is 57.4. The summed E-state index contributed by atoms with van der Waals surface area (Å²) in [5.74, 6) is 4.18. The molecule has 7 aromatic rings. The first-order valence-corrected chi connectivity index (χ1v) is 29.1. The third-order valence-electron chi connectivity index (χ3n) is 15.7. The summed E-state index contributed by atoms with van der Waals surface area (Å²) in [7, 11) is 0. The van der Waals surface area contributed by atoms with E-state index in [2.05, 4.69) is 317 Å². The molecule has 0 fully saturated rings. The van der Waals surface area contributed by atoms with Gasteiger partial charge in [-0.1, -0.05) is 199 Å². The molecule has 2 heterocycles. The van der Waals surface area contributed by atoms with Crippen LogP contribution in [0.1, 0.15) is 195 Å². The van der Waals surface area contributed by atoms with Gasteiger partial charge >= 0.3 is 0 Å². The summed E-state index contributed by atoms with van der Waals surface area (Å²) >= 11 is 0. The second-order valence-corrected chi connectivity index (χ2v) is 27.2. The molecule has 4 atom stereocenters. The first-order valence-electron chi connectivity index (χ1n) is 29.1. The molecular weight excluding hydrogens is 947 g/mol. The van der Waals surface area contributed by atoms with Crippen LogP contribution in [0.2, 0.25) is 0 Å². The maximum Gasteiger partial charge on any atom is 0.151 e. The minimum atomic E-state index is 0.00991. The minimum Gasteiger partial charge on any atom is -0.453 e. The van der Waals surface area contributed by atoms with E-state index >= 15 is 0 Å². The summed E-state index contributed by atoms with van der Waals surface area (Å²) in [6, 6.07) is 67.5. The Morgan fingerprint density at radius 2 is 0.872 bits per heavy atom. The van der Waals surface area contributed by atoms with E-state index in [1.54, 1.807) is 0 Å². The van der Waals surface area contributed by atoms with E-state index in [0.717, 1.165) is 22.9 Å². The molecule has 4 heteroatoms. The fourth-order valence-corrected chi connectivity index (χ4v) is 13.3. The van der Waals surface area contributed by atoms with Gasteiger partial charge in [-0.05, 0) is 190 Å². The number of anilines is 3. The molecule has 0 aliphatic carbocycles. The SMILES string of the molecule is CC(C)(C)N1c2ccccc2Oc2ccccc21.CC(C)C(C(c1ccccc1)c1ccccc1)C(C)(C)C.C[C@H](c1ccccc1)N([C@H](C)c1ccccc1)C(C)(C)C.Cc1ccc2c(c1)N(C(C)(C)C)C(C)(C)CC2C. The number of fused-ring (bicyclic) bond motifs is 3. The van der Waals surface area contributed by atoms with Gasteiger partial charge in [0.15, 0.2) is 11.5 Å². The molecule has 0 radical (unpaired) electrons. The molecule has 4 nitrogen and oxygen atoms in total. The van der Waals surface area contributed by atoms with Crippen molar-refractivity contribution in [2.75, 3.05) is 9.80 Å². The van der Waals surface area contributed by atoms with Crippen LogP contribution in [0.4, 0.5) is 17.1 Å². The zero-order valence-corrected chi connectivity index (χ0v) is 51.8. The molecule has 2 aliphatic heterocycles. The lowest BCUT2D eigenvalue weighted by molar-refractivity contribution is 0.0467. The van der Waals surface area contributed by atoms with Crippen molar-refractivity contribution in [3.05, 3.63) is 221 Å². The van der Waals surface area contributed by atoms with Crippen molar-refractivity contribution in [2.45, 2.75) is 191 Å².